The summed E-state index contributed by atoms with van der Waals surface area (Å²) < 4.78 is 25.0. The summed E-state index contributed by atoms with van der Waals surface area (Å²) in [7, 11) is 0. The molecule has 1 aromatic carbocycles. The van der Waals surface area contributed by atoms with E-state index in [4.69, 9.17) is 6.42 Å². The molecule has 0 aliphatic rings. The molecule has 0 atom stereocenters. The van der Waals surface area contributed by atoms with Crippen LogP contribution in [0.3, 0.4) is 0 Å². The Balaban J connectivity index is 2.77. The van der Waals surface area contributed by atoms with Crippen molar-refractivity contribution in [1.29, 1.82) is 0 Å². The number of terminal acetylenes is 1. The molecule has 0 saturated heterocycles. The van der Waals surface area contributed by atoms with Gasteiger partial charge in [-0.25, -0.2) is 8.78 Å². The summed E-state index contributed by atoms with van der Waals surface area (Å²) in [5.41, 5.74) is 0. The van der Waals surface area contributed by atoms with Crippen LogP contribution < -0.4 is 0 Å². The summed E-state index contributed by atoms with van der Waals surface area (Å²) in [6, 6.07) is 3.73. The fraction of sp³-hybridized carbons (Fsp3) is 0.111. The number of hydrogen-bond acceptors (Lipinski definition) is 1. The topological polar surface area (TPSA) is 0 Å². The lowest BCUT2D eigenvalue weighted by Gasteiger charge is -1.97. The Morgan fingerprint density at radius 1 is 1.33 bits per heavy atom. The van der Waals surface area contributed by atoms with Crippen LogP contribution in [0.4, 0.5) is 8.78 Å². The standard InChI is InChI=1S/C9H6F2S/c1-2-5-12-7-3-4-8(10)9(11)6-7/h1,3-4,6H,5H2. The van der Waals surface area contributed by atoms with Crippen molar-refractivity contribution in [2.24, 2.45) is 0 Å². The van der Waals surface area contributed by atoms with E-state index in [-0.39, 0.29) is 0 Å². The largest absolute Gasteiger partial charge is 0.204 e. The summed E-state index contributed by atoms with van der Waals surface area (Å²) >= 11 is 1.30. The van der Waals surface area contributed by atoms with Crippen molar-refractivity contribution in [3.05, 3.63) is 29.8 Å². The normalized spacial score (nSPS) is 9.42. The average Bonchev–Trinajstić information content (AvgIpc) is 2.07. The molecule has 0 heterocycles. The zero-order valence-electron chi connectivity index (χ0n) is 6.18. The Kier molecular flexibility index (Phi) is 3.12. The zero-order valence-corrected chi connectivity index (χ0v) is 7.00. The first kappa shape index (κ1) is 9.08. The van der Waals surface area contributed by atoms with Gasteiger partial charge in [0, 0.05) is 4.90 Å². The van der Waals surface area contributed by atoms with Crippen molar-refractivity contribution in [2.45, 2.75) is 4.90 Å². The van der Waals surface area contributed by atoms with Gasteiger partial charge in [-0.1, -0.05) is 5.92 Å². The summed E-state index contributed by atoms with van der Waals surface area (Å²) in [5.74, 6) is 1.19. The Morgan fingerprint density at radius 2 is 2.08 bits per heavy atom. The molecule has 0 N–H and O–H groups in total. The van der Waals surface area contributed by atoms with Crippen molar-refractivity contribution >= 4 is 11.8 Å². The van der Waals surface area contributed by atoms with Gasteiger partial charge in [0.1, 0.15) is 0 Å². The molecule has 3 heteroatoms. The van der Waals surface area contributed by atoms with Crippen LogP contribution in [0.5, 0.6) is 0 Å². The second-order valence-corrected chi connectivity index (χ2v) is 3.12. The quantitative estimate of drug-likeness (QED) is 0.503. The van der Waals surface area contributed by atoms with Gasteiger partial charge in [-0.3, -0.25) is 0 Å². The van der Waals surface area contributed by atoms with Gasteiger partial charge in [-0.05, 0) is 18.2 Å². The monoisotopic (exact) mass is 184 g/mol. The lowest BCUT2D eigenvalue weighted by Crippen LogP contribution is -1.83. The molecule has 0 radical (unpaired) electrons. The minimum atomic E-state index is -0.836. The third-order valence-corrected chi connectivity index (χ3v) is 2.11. The molecule has 1 aromatic rings. The molecular formula is C9H6F2S. The highest BCUT2D eigenvalue weighted by Gasteiger charge is 2.01. The first-order chi connectivity index (χ1) is 5.74. The minimum Gasteiger partial charge on any atom is -0.204 e. The van der Waals surface area contributed by atoms with Crippen LogP contribution in [-0.2, 0) is 0 Å². The lowest BCUT2D eigenvalue weighted by atomic mass is 10.3. The highest BCUT2D eigenvalue weighted by molar-refractivity contribution is 7.99. The second-order valence-electron chi connectivity index (χ2n) is 2.07. The second kappa shape index (κ2) is 4.13. The van der Waals surface area contributed by atoms with Crippen LogP contribution in [0.2, 0.25) is 0 Å². The van der Waals surface area contributed by atoms with Crippen LogP contribution in [0.15, 0.2) is 23.1 Å². The van der Waals surface area contributed by atoms with E-state index in [0.717, 1.165) is 12.1 Å². The average molecular weight is 184 g/mol. The number of halogens is 2. The molecule has 0 saturated carbocycles. The number of benzene rings is 1. The van der Waals surface area contributed by atoms with E-state index in [1.54, 1.807) is 0 Å². The number of hydrogen-bond donors (Lipinski definition) is 0. The van der Waals surface area contributed by atoms with Gasteiger partial charge in [-0.2, -0.15) is 0 Å². The lowest BCUT2D eigenvalue weighted by molar-refractivity contribution is 0.506. The molecule has 62 valence electrons. The van der Waals surface area contributed by atoms with Crippen LogP contribution in [-0.4, -0.2) is 5.75 Å². The van der Waals surface area contributed by atoms with Crippen LogP contribution in [0.25, 0.3) is 0 Å². The van der Waals surface area contributed by atoms with E-state index in [9.17, 15) is 8.78 Å². The maximum absolute atomic E-state index is 12.6. The van der Waals surface area contributed by atoms with Gasteiger partial charge in [0.2, 0.25) is 0 Å². The predicted molar refractivity (Wildman–Crippen MR) is 45.9 cm³/mol. The third kappa shape index (κ3) is 2.24. The SMILES string of the molecule is C#CCSc1ccc(F)c(F)c1. The van der Waals surface area contributed by atoms with E-state index in [1.165, 1.54) is 17.8 Å². The van der Waals surface area contributed by atoms with Crippen molar-refractivity contribution in [1.82, 2.24) is 0 Å². The molecule has 0 aliphatic heterocycles. The molecule has 0 bridgehead atoms. The number of rotatable bonds is 2. The summed E-state index contributed by atoms with van der Waals surface area (Å²) in [4.78, 5) is 0.645. The smallest absolute Gasteiger partial charge is 0.159 e. The first-order valence-corrected chi connectivity index (χ1v) is 4.24. The molecule has 0 amide bonds. The maximum atomic E-state index is 12.6. The molecular weight excluding hydrogens is 178 g/mol. The molecule has 0 fully saturated rings. The third-order valence-electron chi connectivity index (χ3n) is 1.21. The van der Waals surface area contributed by atoms with E-state index in [0.29, 0.717) is 10.6 Å². The zero-order chi connectivity index (χ0) is 8.97. The summed E-state index contributed by atoms with van der Waals surface area (Å²) in [5, 5.41) is 0. The maximum Gasteiger partial charge on any atom is 0.159 e. The van der Waals surface area contributed by atoms with Gasteiger partial charge in [0.25, 0.3) is 0 Å². The van der Waals surface area contributed by atoms with Gasteiger partial charge in [-0.15, -0.1) is 18.2 Å². The van der Waals surface area contributed by atoms with Gasteiger partial charge >= 0.3 is 0 Å². The summed E-state index contributed by atoms with van der Waals surface area (Å²) in [6.45, 7) is 0. The van der Waals surface area contributed by atoms with Crippen LogP contribution in [0.1, 0.15) is 0 Å². The summed E-state index contributed by atoms with van der Waals surface area (Å²) in [6.07, 6.45) is 5.01. The van der Waals surface area contributed by atoms with Crippen LogP contribution >= 0.6 is 11.8 Å². The fourth-order valence-electron chi connectivity index (χ4n) is 0.692. The highest BCUT2D eigenvalue weighted by atomic mass is 32.2. The van der Waals surface area contributed by atoms with Crippen LogP contribution in [0, 0.1) is 24.0 Å². The van der Waals surface area contributed by atoms with Gasteiger partial charge < -0.3 is 0 Å². The van der Waals surface area contributed by atoms with Crippen molar-refractivity contribution < 1.29 is 8.78 Å². The highest BCUT2D eigenvalue weighted by Crippen LogP contribution is 2.19. The van der Waals surface area contributed by atoms with Crippen molar-refractivity contribution in [3.8, 4) is 12.3 Å². The molecule has 1 rings (SSSR count). The van der Waals surface area contributed by atoms with Crippen molar-refractivity contribution in [2.75, 3.05) is 5.75 Å². The molecule has 12 heavy (non-hydrogen) atoms. The van der Waals surface area contributed by atoms with Gasteiger partial charge in [0.05, 0.1) is 5.75 Å². The Bertz CT molecular complexity index is 315. The molecule has 0 aliphatic carbocycles. The number of thioether (sulfide) groups is 1. The Labute approximate surface area is 74.0 Å². The minimum absolute atomic E-state index is 0.463. The Hall–Kier alpha value is -1.01. The first-order valence-electron chi connectivity index (χ1n) is 3.25. The van der Waals surface area contributed by atoms with E-state index >= 15 is 0 Å². The molecule has 0 unspecified atom stereocenters. The van der Waals surface area contributed by atoms with E-state index < -0.39 is 11.6 Å². The molecule has 0 spiro atoms. The van der Waals surface area contributed by atoms with Crippen molar-refractivity contribution in [3.63, 3.8) is 0 Å². The van der Waals surface area contributed by atoms with Gasteiger partial charge in [0.15, 0.2) is 11.6 Å². The van der Waals surface area contributed by atoms with E-state index in [2.05, 4.69) is 5.92 Å². The fourth-order valence-corrected chi connectivity index (χ4v) is 1.29. The molecule has 0 aromatic heterocycles. The van der Waals surface area contributed by atoms with E-state index in [1.807, 2.05) is 0 Å². The predicted octanol–water partition coefficient (Wildman–Crippen LogP) is 2.69. The Morgan fingerprint density at radius 3 is 2.67 bits per heavy atom. The molecule has 0 nitrogen and oxygen atoms in total.